The van der Waals surface area contributed by atoms with Gasteiger partial charge >= 0.3 is 0 Å². The van der Waals surface area contributed by atoms with Crippen LogP contribution in [0.3, 0.4) is 0 Å². The molecule has 2 aliphatic heterocycles. The van der Waals surface area contributed by atoms with Crippen LogP contribution in [0, 0.1) is 11.2 Å². The van der Waals surface area contributed by atoms with Gasteiger partial charge in [-0.15, -0.1) is 0 Å². The van der Waals surface area contributed by atoms with E-state index in [1.54, 1.807) is 11.0 Å². The first kappa shape index (κ1) is 20.5. The summed E-state index contributed by atoms with van der Waals surface area (Å²) in [5, 5.41) is 0. The van der Waals surface area contributed by atoms with E-state index in [4.69, 9.17) is 10.5 Å². The molecule has 0 saturated carbocycles. The average molecular weight is 410 g/mol. The molecule has 0 radical (unpaired) electrons. The smallest absolute Gasteiger partial charge is 0.251 e. The Kier molecular flexibility index (Phi) is 5.86. The van der Waals surface area contributed by atoms with E-state index < -0.39 is 11.5 Å². The highest BCUT2D eigenvalue weighted by Gasteiger charge is 2.43. The first-order valence-corrected chi connectivity index (χ1v) is 10.5. The number of rotatable bonds is 5. The normalized spacial score (nSPS) is 24.0. The highest BCUT2D eigenvalue weighted by molar-refractivity contribution is 5.85. The molecule has 2 amide bonds. The third-order valence-electron chi connectivity index (χ3n) is 6.24. The Morgan fingerprint density at radius 3 is 2.60 bits per heavy atom. The molecule has 0 spiro atoms. The number of hydrogen-bond acceptors (Lipinski definition) is 3. The Hall–Kier alpha value is -2.73. The van der Waals surface area contributed by atoms with Crippen molar-refractivity contribution in [3.05, 3.63) is 59.9 Å². The van der Waals surface area contributed by atoms with Crippen molar-refractivity contribution in [2.75, 3.05) is 19.7 Å². The topological polar surface area (TPSA) is 72.6 Å². The van der Waals surface area contributed by atoms with Crippen molar-refractivity contribution in [2.45, 2.75) is 38.2 Å². The molecular weight excluding hydrogens is 383 g/mol. The fraction of sp³-hybridized carbons (Fsp3) is 0.417. The molecule has 2 fully saturated rings. The minimum absolute atomic E-state index is 0.0358. The molecule has 4 rings (SSSR count). The summed E-state index contributed by atoms with van der Waals surface area (Å²) in [7, 11) is 0. The molecule has 2 heterocycles. The van der Waals surface area contributed by atoms with Gasteiger partial charge in [-0.1, -0.05) is 36.4 Å². The van der Waals surface area contributed by atoms with Crippen LogP contribution < -0.4 is 5.73 Å². The number of benzene rings is 2. The van der Waals surface area contributed by atoms with Crippen LogP contribution >= 0.6 is 0 Å². The van der Waals surface area contributed by atoms with E-state index in [0.717, 1.165) is 36.0 Å². The molecule has 2 atom stereocenters. The maximum Gasteiger partial charge on any atom is 0.251 e. The van der Waals surface area contributed by atoms with Crippen molar-refractivity contribution in [1.29, 1.82) is 0 Å². The van der Waals surface area contributed by atoms with E-state index in [1.807, 2.05) is 30.3 Å². The van der Waals surface area contributed by atoms with Crippen LogP contribution in [0.1, 0.15) is 31.2 Å². The van der Waals surface area contributed by atoms with Gasteiger partial charge in [-0.2, -0.15) is 0 Å². The van der Waals surface area contributed by atoms with Crippen LogP contribution in [0.15, 0.2) is 48.5 Å². The number of likely N-dealkylation sites (tertiary alicyclic amines) is 1. The second-order valence-electron chi connectivity index (χ2n) is 8.40. The summed E-state index contributed by atoms with van der Waals surface area (Å²) in [5.41, 5.74) is 7.68. The quantitative estimate of drug-likeness (QED) is 0.822. The number of primary amides is 1. The lowest BCUT2D eigenvalue weighted by Gasteiger charge is -2.41. The molecule has 30 heavy (non-hydrogen) atoms. The Balaban J connectivity index is 1.56. The molecule has 0 aliphatic carbocycles. The molecule has 5 nitrogen and oxygen atoms in total. The predicted octanol–water partition coefficient (Wildman–Crippen LogP) is 3.31. The van der Waals surface area contributed by atoms with Gasteiger partial charge in [0, 0.05) is 19.7 Å². The van der Waals surface area contributed by atoms with E-state index in [1.165, 1.54) is 12.1 Å². The van der Waals surface area contributed by atoms with Crippen LogP contribution in [0.4, 0.5) is 4.39 Å². The van der Waals surface area contributed by atoms with Gasteiger partial charge in [0.2, 0.25) is 5.91 Å². The number of nitrogens with zero attached hydrogens (tertiary/aromatic N) is 1. The molecule has 2 aromatic carbocycles. The van der Waals surface area contributed by atoms with Crippen LogP contribution in [-0.4, -0.2) is 42.5 Å². The SMILES string of the molecule is NC(=O)[C@]1(Cc2cccc(-c3cccc(F)c3)c2)CCCN(C(=O)[C@@H]2CCCO2)C1. The molecule has 158 valence electrons. The average Bonchev–Trinajstić information content (AvgIpc) is 3.28. The molecule has 0 unspecified atom stereocenters. The Morgan fingerprint density at radius 2 is 1.90 bits per heavy atom. The lowest BCUT2D eigenvalue weighted by atomic mass is 9.74. The zero-order valence-electron chi connectivity index (χ0n) is 17.0. The van der Waals surface area contributed by atoms with Crippen LogP contribution in [0.2, 0.25) is 0 Å². The monoisotopic (exact) mass is 410 g/mol. The van der Waals surface area contributed by atoms with Gasteiger partial charge in [0.25, 0.3) is 5.91 Å². The Labute approximate surface area is 176 Å². The van der Waals surface area contributed by atoms with Crippen molar-refractivity contribution in [1.82, 2.24) is 4.90 Å². The first-order valence-electron chi connectivity index (χ1n) is 10.5. The van der Waals surface area contributed by atoms with Crippen molar-refractivity contribution in [3.63, 3.8) is 0 Å². The molecule has 0 aromatic heterocycles. The minimum atomic E-state index is -0.812. The number of carbonyl (C=O) groups excluding carboxylic acids is 2. The standard InChI is InChI=1S/C24H27FN2O3/c25-20-8-2-7-19(14-20)18-6-1-5-17(13-18)15-24(23(26)29)10-4-11-27(16-24)22(28)21-9-3-12-30-21/h1-2,5-8,13-14,21H,3-4,9-12,15-16H2,(H2,26,29)/t21-,24-/m0/s1. The molecule has 2 aliphatic rings. The maximum atomic E-state index is 13.6. The fourth-order valence-electron chi connectivity index (χ4n) is 4.65. The predicted molar refractivity (Wildman–Crippen MR) is 112 cm³/mol. The highest BCUT2D eigenvalue weighted by atomic mass is 19.1. The van der Waals surface area contributed by atoms with Crippen molar-refractivity contribution in [2.24, 2.45) is 11.1 Å². The van der Waals surface area contributed by atoms with Crippen molar-refractivity contribution >= 4 is 11.8 Å². The van der Waals surface area contributed by atoms with E-state index in [2.05, 4.69) is 0 Å². The summed E-state index contributed by atoms with van der Waals surface area (Å²) in [6.07, 6.45) is 3.03. The number of nitrogens with two attached hydrogens (primary N) is 1. The fourth-order valence-corrected chi connectivity index (χ4v) is 4.65. The number of amides is 2. The van der Waals surface area contributed by atoms with Crippen molar-refractivity contribution < 1.29 is 18.7 Å². The number of ether oxygens (including phenoxy) is 1. The number of hydrogen-bond donors (Lipinski definition) is 1. The summed E-state index contributed by atoms with van der Waals surface area (Å²) < 4.78 is 19.2. The molecule has 2 aromatic rings. The number of carbonyl (C=O) groups is 2. The molecule has 6 heteroatoms. The van der Waals surface area contributed by atoms with Crippen LogP contribution in [0.5, 0.6) is 0 Å². The zero-order valence-corrected chi connectivity index (χ0v) is 17.0. The minimum Gasteiger partial charge on any atom is -0.369 e. The molecular formula is C24H27FN2O3. The van der Waals surface area contributed by atoms with Gasteiger partial charge < -0.3 is 15.4 Å². The van der Waals surface area contributed by atoms with Gasteiger partial charge in [0.1, 0.15) is 11.9 Å². The number of halogens is 1. The molecule has 0 bridgehead atoms. The maximum absolute atomic E-state index is 13.6. The number of piperidine rings is 1. The van der Waals surface area contributed by atoms with Gasteiger partial charge in [-0.05, 0) is 60.9 Å². The summed E-state index contributed by atoms with van der Waals surface area (Å²) in [6.45, 7) is 1.54. The van der Waals surface area contributed by atoms with Gasteiger partial charge in [0.05, 0.1) is 5.41 Å². The lowest BCUT2D eigenvalue weighted by molar-refractivity contribution is -0.147. The van der Waals surface area contributed by atoms with Crippen molar-refractivity contribution in [3.8, 4) is 11.1 Å². The van der Waals surface area contributed by atoms with Gasteiger partial charge in [-0.3, -0.25) is 9.59 Å². The highest BCUT2D eigenvalue weighted by Crippen LogP contribution is 2.35. The van der Waals surface area contributed by atoms with E-state index in [-0.39, 0.29) is 17.6 Å². The third kappa shape index (κ3) is 4.24. The zero-order chi connectivity index (χ0) is 21.1. The second-order valence-corrected chi connectivity index (χ2v) is 8.40. The van der Waals surface area contributed by atoms with E-state index in [0.29, 0.717) is 32.5 Å². The summed E-state index contributed by atoms with van der Waals surface area (Å²) in [5.74, 6) is -0.711. The van der Waals surface area contributed by atoms with E-state index in [9.17, 15) is 14.0 Å². The lowest BCUT2D eigenvalue weighted by Crippen LogP contribution is -2.55. The van der Waals surface area contributed by atoms with Crippen LogP contribution in [-0.2, 0) is 20.7 Å². The van der Waals surface area contributed by atoms with Gasteiger partial charge in [-0.25, -0.2) is 4.39 Å². The third-order valence-corrected chi connectivity index (χ3v) is 6.24. The molecule has 2 N–H and O–H groups in total. The Morgan fingerprint density at radius 1 is 1.13 bits per heavy atom. The Bertz CT molecular complexity index is 942. The van der Waals surface area contributed by atoms with Crippen LogP contribution in [0.25, 0.3) is 11.1 Å². The van der Waals surface area contributed by atoms with Gasteiger partial charge in [0.15, 0.2) is 0 Å². The van der Waals surface area contributed by atoms with E-state index >= 15 is 0 Å². The molecule has 2 saturated heterocycles. The first-order chi connectivity index (χ1) is 14.5. The summed E-state index contributed by atoms with van der Waals surface area (Å²) in [4.78, 5) is 27.2. The summed E-state index contributed by atoms with van der Waals surface area (Å²) >= 11 is 0. The summed E-state index contributed by atoms with van der Waals surface area (Å²) in [6, 6.07) is 14.2. The second kappa shape index (κ2) is 8.56. The largest absolute Gasteiger partial charge is 0.369 e.